The number of hydrogen-bond donors (Lipinski definition) is 1. The second kappa shape index (κ2) is 8.90. The number of anilines is 1. The molecule has 0 spiro atoms. The predicted octanol–water partition coefficient (Wildman–Crippen LogP) is 5.43. The second-order valence-corrected chi connectivity index (χ2v) is 7.28. The summed E-state index contributed by atoms with van der Waals surface area (Å²) < 4.78 is 12.6. The molecule has 0 aromatic heterocycles. The lowest BCUT2D eigenvalue weighted by molar-refractivity contribution is -0.122. The molecule has 0 fully saturated rings. The first-order valence-corrected chi connectivity index (χ1v) is 9.17. The number of aryl methyl sites for hydroxylation is 2. The fourth-order valence-corrected chi connectivity index (χ4v) is 3.13. The van der Waals surface area contributed by atoms with Crippen LogP contribution in [0.25, 0.3) is 0 Å². The molecular formula is C21H24BrNO3. The molecule has 1 atom stereocenters. The van der Waals surface area contributed by atoms with E-state index in [1.54, 1.807) is 13.0 Å². The SMILES string of the molecule is C=C(C)COc1ccccc1NC(=O)C(C)Oc1c(C)cc(Br)cc1C. The largest absolute Gasteiger partial charge is 0.487 e. The van der Waals surface area contributed by atoms with Crippen LogP contribution in [-0.2, 0) is 4.79 Å². The van der Waals surface area contributed by atoms with Crippen LogP contribution < -0.4 is 14.8 Å². The van der Waals surface area contributed by atoms with Crippen molar-refractivity contribution in [3.63, 3.8) is 0 Å². The van der Waals surface area contributed by atoms with Crippen molar-refractivity contribution in [2.45, 2.75) is 33.8 Å². The highest BCUT2D eigenvalue weighted by atomic mass is 79.9. The van der Waals surface area contributed by atoms with Gasteiger partial charge in [0.05, 0.1) is 5.69 Å². The quantitative estimate of drug-likeness (QED) is 0.611. The molecule has 26 heavy (non-hydrogen) atoms. The van der Waals surface area contributed by atoms with Crippen LogP contribution in [0.2, 0.25) is 0 Å². The Labute approximate surface area is 163 Å². The third-order valence-electron chi connectivity index (χ3n) is 3.71. The lowest BCUT2D eigenvalue weighted by Crippen LogP contribution is -2.30. The first-order valence-electron chi connectivity index (χ1n) is 8.38. The molecule has 0 radical (unpaired) electrons. The van der Waals surface area contributed by atoms with Gasteiger partial charge in [0, 0.05) is 4.47 Å². The summed E-state index contributed by atoms with van der Waals surface area (Å²) in [6, 6.07) is 11.2. The maximum Gasteiger partial charge on any atom is 0.265 e. The molecular weight excluding hydrogens is 394 g/mol. The molecule has 2 rings (SSSR count). The van der Waals surface area contributed by atoms with Gasteiger partial charge in [0.1, 0.15) is 18.1 Å². The molecule has 5 heteroatoms. The molecule has 1 unspecified atom stereocenters. The van der Waals surface area contributed by atoms with Crippen LogP contribution in [0.15, 0.2) is 53.0 Å². The molecule has 0 aliphatic heterocycles. The number of carbonyl (C=O) groups excluding carboxylic acids is 1. The molecule has 138 valence electrons. The Morgan fingerprint density at radius 1 is 1.23 bits per heavy atom. The molecule has 0 bridgehead atoms. The third-order valence-corrected chi connectivity index (χ3v) is 4.17. The first kappa shape index (κ1) is 20.0. The Bertz CT molecular complexity index is 794. The Hall–Kier alpha value is -2.27. The molecule has 0 heterocycles. The average molecular weight is 418 g/mol. The van der Waals surface area contributed by atoms with Crippen LogP contribution >= 0.6 is 15.9 Å². The van der Waals surface area contributed by atoms with Crippen molar-refractivity contribution >= 4 is 27.5 Å². The van der Waals surface area contributed by atoms with Crippen LogP contribution in [0.1, 0.15) is 25.0 Å². The Morgan fingerprint density at radius 3 is 2.46 bits per heavy atom. The van der Waals surface area contributed by atoms with Crippen LogP contribution in [0.3, 0.4) is 0 Å². The van der Waals surface area contributed by atoms with E-state index in [-0.39, 0.29) is 5.91 Å². The topological polar surface area (TPSA) is 47.6 Å². The Balaban J connectivity index is 2.09. The average Bonchev–Trinajstić information content (AvgIpc) is 2.56. The number of para-hydroxylation sites is 2. The fourth-order valence-electron chi connectivity index (χ4n) is 2.44. The van der Waals surface area contributed by atoms with Crippen molar-refractivity contribution in [1.82, 2.24) is 0 Å². The van der Waals surface area contributed by atoms with Crippen molar-refractivity contribution in [3.05, 3.63) is 64.1 Å². The minimum Gasteiger partial charge on any atom is -0.487 e. The monoisotopic (exact) mass is 417 g/mol. The number of hydrogen-bond acceptors (Lipinski definition) is 3. The number of carbonyl (C=O) groups is 1. The highest BCUT2D eigenvalue weighted by Gasteiger charge is 2.18. The van der Waals surface area contributed by atoms with E-state index in [1.165, 1.54) is 0 Å². The van der Waals surface area contributed by atoms with Gasteiger partial charge < -0.3 is 14.8 Å². The first-order chi connectivity index (χ1) is 12.3. The molecule has 2 aromatic rings. The number of amides is 1. The smallest absolute Gasteiger partial charge is 0.265 e. The highest BCUT2D eigenvalue weighted by molar-refractivity contribution is 9.10. The zero-order valence-electron chi connectivity index (χ0n) is 15.6. The van der Waals surface area contributed by atoms with Gasteiger partial charge in [-0.1, -0.05) is 34.6 Å². The van der Waals surface area contributed by atoms with Crippen LogP contribution in [0, 0.1) is 13.8 Å². The Kier molecular flexibility index (Phi) is 6.86. The van der Waals surface area contributed by atoms with E-state index in [1.807, 2.05) is 51.1 Å². The lowest BCUT2D eigenvalue weighted by atomic mass is 10.1. The minimum absolute atomic E-state index is 0.238. The van der Waals surface area contributed by atoms with Gasteiger partial charge in [0.15, 0.2) is 6.10 Å². The van der Waals surface area contributed by atoms with Crippen molar-refractivity contribution in [2.75, 3.05) is 11.9 Å². The van der Waals surface area contributed by atoms with E-state index >= 15 is 0 Å². The zero-order valence-corrected chi connectivity index (χ0v) is 17.1. The molecule has 0 aliphatic carbocycles. The van der Waals surface area contributed by atoms with Crippen molar-refractivity contribution < 1.29 is 14.3 Å². The van der Waals surface area contributed by atoms with Crippen LogP contribution in [0.4, 0.5) is 5.69 Å². The van der Waals surface area contributed by atoms with E-state index in [0.29, 0.717) is 18.0 Å². The fraction of sp³-hybridized carbons (Fsp3) is 0.286. The summed E-state index contributed by atoms with van der Waals surface area (Å²) >= 11 is 3.46. The molecule has 0 saturated heterocycles. The molecule has 0 aliphatic rings. The van der Waals surface area contributed by atoms with Crippen molar-refractivity contribution in [3.8, 4) is 11.5 Å². The third kappa shape index (κ3) is 5.36. The van der Waals surface area contributed by atoms with E-state index in [9.17, 15) is 4.79 Å². The van der Waals surface area contributed by atoms with Crippen LogP contribution in [-0.4, -0.2) is 18.6 Å². The summed E-state index contributed by atoms with van der Waals surface area (Å²) in [6.45, 7) is 11.8. The minimum atomic E-state index is -0.650. The van der Waals surface area contributed by atoms with Gasteiger partial charge in [0.25, 0.3) is 5.91 Å². The van der Waals surface area contributed by atoms with Gasteiger partial charge in [-0.15, -0.1) is 0 Å². The maximum atomic E-state index is 12.6. The molecule has 1 N–H and O–H groups in total. The summed E-state index contributed by atoms with van der Waals surface area (Å²) in [6.07, 6.45) is -0.650. The summed E-state index contributed by atoms with van der Waals surface area (Å²) in [5.74, 6) is 1.09. The number of benzene rings is 2. The number of nitrogens with one attached hydrogen (secondary N) is 1. The van der Waals surface area contributed by atoms with Gasteiger partial charge in [-0.3, -0.25) is 4.79 Å². The van der Waals surface area contributed by atoms with Gasteiger partial charge >= 0.3 is 0 Å². The van der Waals surface area contributed by atoms with E-state index < -0.39 is 6.10 Å². The predicted molar refractivity (Wildman–Crippen MR) is 109 cm³/mol. The summed E-state index contributed by atoms with van der Waals surface area (Å²) in [7, 11) is 0. The molecule has 2 aromatic carbocycles. The second-order valence-electron chi connectivity index (χ2n) is 6.36. The van der Waals surface area contributed by atoms with Crippen molar-refractivity contribution in [1.29, 1.82) is 0 Å². The standard InChI is InChI=1S/C21H24BrNO3/c1-13(2)12-25-19-9-7-6-8-18(19)23-21(24)16(5)26-20-14(3)10-17(22)11-15(20)4/h6-11,16H,1,12H2,2-5H3,(H,23,24). The van der Waals surface area contributed by atoms with E-state index in [4.69, 9.17) is 9.47 Å². The maximum absolute atomic E-state index is 12.6. The molecule has 0 saturated carbocycles. The summed E-state index contributed by atoms with van der Waals surface area (Å²) in [5.41, 5.74) is 3.46. The number of rotatable bonds is 7. The highest BCUT2D eigenvalue weighted by Crippen LogP contribution is 2.29. The normalized spacial score (nSPS) is 11.6. The summed E-state index contributed by atoms with van der Waals surface area (Å²) in [4.78, 5) is 12.6. The van der Waals surface area contributed by atoms with Gasteiger partial charge in [-0.05, 0) is 68.7 Å². The number of ether oxygens (including phenoxy) is 2. The summed E-state index contributed by atoms with van der Waals surface area (Å²) in [5, 5.41) is 2.88. The van der Waals surface area contributed by atoms with Crippen molar-refractivity contribution in [2.24, 2.45) is 0 Å². The zero-order chi connectivity index (χ0) is 19.3. The van der Waals surface area contributed by atoms with Crippen LogP contribution in [0.5, 0.6) is 11.5 Å². The van der Waals surface area contributed by atoms with Gasteiger partial charge in [-0.25, -0.2) is 0 Å². The van der Waals surface area contributed by atoms with E-state index in [2.05, 4.69) is 27.8 Å². The molecule has 1 amide bonds. The molecule has 4 nitrogen and oxygen atoms in total. The lowest BCUT2D eigenvalue weighted by Gasteiger charge is -2.19. The number of halogens is 1. The van der Waals surface area contributed by atoms with Gasteiger partial charge in [-0.2, -0.15) is 0 Å². The Morgan fingerprint density at radius 2 is 1.85 bits per heavy atom. The van der Waals surface area contributed by atoms with Gasteiger partial charge in [0.2, 0.25) is 0 Å². The van der Waals surface area contributed by atoms with E-state index in [0.717, 1.165) is 26.9 Å².